The fraction of sp³-hybridized carbons (Fsp3) is 0.393. The largest absolute Gasteiger partial charge is 0.490 e. The highest BCUT2D eigenvalue weighted by molar-refractivity contribution is 6.30. The quantitative estimate of drug-likeness (QED) is 0.213. The van der Waals surface area contributed by atoms with Crippen LogP contribution in [0.15, 0.2) is 53.6 Å². The van der Waals surface area contributed by atoms with E-state index in [0.717, 1.165) is 54.8 Å². The molecule has 2 aliphatic rings. The average molecular weight is 521 g/mol. The number of aromatic nitrogens is 2. The van der Waals surface area contributed by atoms with Gasteiger partial charge in [-0.2, -0.15) is 15.1 Å². The first-order valence-electron chi connectivity index (χ1n) is 12.9. The zero-order chi connectivity index (χ0) is 25.5. The number of nitrogens with zero attached hydrogens (tertiary/aromatic N) is 5. The summed E-state index contributed by atoms with van der Waals surface area (Å²) in [6.07, 6.45) is 6.43. The minimum absolute atomic E-state index is 0.397. The molecule has 37 heavy (non-hydrogen) atoms. The van der Waals surface area contributed by atoms with Crippen LogP contribution in [0.1, 0.15) is 36.8 Å². The van der Waals surface area contributed by atoms with Crippen molar-refractivity contribution < 1.29 is 9.47 Å². The third-order valence-corrected chi connectivity index (χ3v) is 6.80. The summed E-state index contributed by atoms with van der Waals surface area (Å²) in [5.74, 6) is 3.93. The highest BCUT2D eigenvalue weighted by Gasteiger charge is 2.20. The second-order valence-electron chi connectivity index (χ2n) is 9.31. The lowest BCUT2D eigenvalue weighted by Crippen LogP contribution is -2.24. The van der Waals surface area contributed by atoms with Crippen molar-refractivity contribution in [3.8, 4) is 11.5 Å². The molecule has 9 heteroatoms. The highest BCUT2D eigenvalue weighted by atomic mass is 35.5. The average Bonchev–Trinajstić information content (AvgIpc) is 3.64. The lowest BCUT2D eigenvalue weighted by atomic mass is 10.2. The molecule has 2 aromatic carbocycles. The maximum absolute atomic E-state index is 6.26. The lowest BCUT2D eigenvalue weighted by molar-refractivity contribution is 0.216. The number of anilines is 3. The molecule has 2 aliphatic heterocycles. The van der Waals surface area contributed by atoms with Gasteiger partial charge in [0.05, 0.1) is 6.21 Å². The molecular formula is C28H33ClN6O2. The third-order valence-electron chi connectivity index (χ3n) is 6.57. The molecule has 1 N–H and O–H groups in total. The maximum Gasteiger partial charge on any atom is 0.229 e. The standard InChI is InChI=1S/C28H33ClN6O2/c1-21-8-2-3-9-24(21)36-16-17-37-25-11-10-23(29)18-22(25)20-30-33-26-19-27(34-12-4-5-13-34)32-28(31-26)35-14-6-7-15-35/h2-3,8-11,18-20H,4-7,12-17H2,1H3,(H,31,32,33)/b30-20+. The Morgan fingerprint density at radius 1 is 0.892 bits per heavy atom. The first-order chi connectivity index (χ1) is 18.2. The monoisotopic (exact) mass is 520 g/mol. The topological polar surface area (TPSA) is 75.1 Å². The molecule has 0 amide bonds. The van der Waals surface area contributed by atoms with Crippen molar-refractivity contribution in [2.24, 2.45) is 5.10 Å². The smallest absolute Gasteiger partial charge is 0.229 e. The molecule has 2 saturated heterocycles. The van der Waals surface area contributed by atoms with Crippen LogP contribution in [-0.2, 0) is 0 Å². The van der Waals surface area contributed by atoms with Gasteiger partial charge in [0.15, 0.2) is 5.82 Å². The van der Waals surface area contributed by atoms with Crippen LogP contribution in [0.4, 0.5) is 17.6 Å². The Kier molecular flexibility index (Phi) is 8.25. The van der Waals surface area contributed by atoms with E-state index < -0.39 is 0 Å². The number of ether oxygens (including phenoxy) is 2. The van der Waals surface area contributed by atoms with E-state index in [9.17, 15) is 0 Å². The van der Waals surface area contributed by atoms with Crippen LogP contribution in [-0.4, -0.2) is 55.6 Å². The third kappa shape index (κ3) is 6.63. The van der Waals surface area contributed by atoms with Gasteiger partial charge in [0.2, 0.25) is 5.95 Å². The second kappa shape index (κ2) is 12.1. The minimum atomic E-state index is 0.397. The molecule has 0 aliphatic carbocycles. The Bertz CT molecular complexity index is 1190. The van der Waals surface area contributed by atoms with E-state index in [1.165, 1.54) is 25.7 Å². The second-order valence-corrected chi connectivity index (χ2v) is 9.75. The van der Waals surface area contributed by atoms with Crippen LogP contribution in [0, 0.1) is 6.92 Å². The van der Waals surface area contributed by atoms with E-state index in [2.05, 4.69) is 20.3 Å². The molecule has 3 heterocycles. The van der Waals surface area contributed by atoms with Gasteiger partial charge in [0, 0.05) is 42.8 Å². The lowest BCUT2D eigenvalue weighted by Gasteiger charge is -2.21. The normalized spacial score (nSPS) is 15.5. The summed E-state index contributed by atoms with van der Waals surface area (Å²) < 4.78 is 11.8. The summed E-state index contributed by atoms with van der Waals surface area (Å²) in [6.45, 7) is 6.88. The van der Waals surface area contributed by atoms with Crippen molar-refractivity contribution in [2.75, 3.05) is 54.6 Å². The van der Waals surface area contributed by atoms with Gasteiger partial charge in [-0.3, -0.25) is 5.43 Å². The Morgan fingerprint density at radius 3 is 2.35 bits per heavy atom. The van der Waals surface area contributed by atoms with E-state index in [1.807, 2.05) is 49.4 Å². The Labute approximate surface area is 223 Å². The molecule has 1 aromatic heterocycles. The van der Waals surface area contributed by atoms with Crippen LogP contribution in [0.2, 0.25) is 5.02 Å². The SMILES string of the molecule is Cc1ccccc1OCCOc1ccc(Cl)cc1/C=N/Nc1cc(N2CCCC2)nc(N2CCCC2)n1. The zero-order valence-corrected chi connectivity index (χ0v) is 22.0. The van der Waals surface area contributed by atoms with E-state index in [0.29, 0.717) is 29.8 Å². The van der Waals surface area contributed by atoms with Gasteiger partial charge >= 0.3 is 0 Å². The van der Waals surface area contributed by atoms with E-state index in [4.69, 9.17) is 31.0 Å². The van der Waals surface area contributed by atoms with Gasteiger partial charge < -0.3 is 19.3 Å². The van der Waals surface area contributed by atoms with Gasteiger partial charge in [-0.15, -0.1) is 0 Å². The Morgan fingerprint density at radius 2 is 1.59 bits per heavy atom. The van der Waals surface area contributed by atoms with Gasteiger partial charge in [0.1, 0.15) is 30.5 Å². The van der Waals surface area contributed by atoms with Crippen LogP contribution >= 0.6 is 11.6 Å². The molecule has 3 aromatic rings. The van der Waals surface area contributed by atoms with Crippen LogP contribution < -0.4 is 24.7 Å². The Balaban J connectivity index is 1.25. The van der Waals surface area contributed by atoms with Crippen molar-refractivity contribution in [1.29, 1.82) is 0 Å². The Hall–Kier alpha value is -3.52. The summed E-state index contributed by atoms with van der Waals surface area (Å²) in [7, 11) is 0. The van der Waals surface area contributed by atoms with Gasteiger partial charge in [-0.05, 0) is 62.4 Å². The maximum atomic E-state index is 6.26. The molecule has 194 valence electrons. The molecule has 0 unspecified atom stereocenters. The van der Waals surface area contributed by atoms with Crippen molar-refractivity contribution in [2.45, 2.75) is 32.6 Å². The van der Waals surface area contributed by atoms with Crippen LogP contribution in [0.3, 0.4) is 0 Å². The summed E-state index contributed by atoms with van der Waals surface area (Å²) in [5.41, 5.74) is 4.97. The van der Waals surface area contributed by atoms with Crippen molar-refractivity contribution in [1.82, 2.24) is 9.97 Å². The number of aryl methyl sites for hydroxylation is 1. The number of para-hydroxylation sites is 1. The molecule has 0 atom stereocenters. The molecular weight excluding hydrogens is 488 g/mol. The molecule has 0 radical (unpaired) electrons. The fourth-order valence-corrected chi connectivity index (χ4v) is 4.77. The minimum Gasteiger partial charge on any atom is -0.490 e. The predicted octanol–water partition coefficient (Wildman–Crippen LogP) is 5.54. The fourth-order valence-electron chi connectivity index (χ4n) is 4.59. The summed E-state index contributed by atoms with van der Waals surface area (Å²) >= 11 is 6.26. The molecule has 5 rings (SSSR count). The van der Waals surface area contributed by atoms with Crippen LogP contribution in [0.25, 0.3) is 0 Å². The molecule has 2 fully saturated rings. The highest BCUT2D eigenvalue weighted by Crippen LogP contribution is 2.26. The van der Waals surface area contributed by atoms with Gasteiger partial charge in [-0.1, -0.05) is 29.8 Å². The molecule has 0 saturated carbocycles. The summed E-state index contributed by atoms with van der Waals surface area (Å²) in [5, 5.41) is 5.08. The van der Waals surface area contributed by atoms with E-state index in [1.54, 1.807) is 12.3 Å². The van der Waals surface area contributed by atoms with Crippen LogP contribution in [0.5, 0.6) is 11.5 Å². The number of hydrogen-bond donors (Lipinski definition) is 1. The van der Waals surface area contributed by atoms with Crippen molar-refractivity contribution in [3.63, 3.8) is 0 Å². The summed E-state index contributed by atoms with van der Waals surface area (Å²) in [6, 6.07) is 15.4. The van der Waals surface area contributed by atoms with Crippen molar-refractivity contribution >= 4 is 35.4 Å². The number of nitrogens with one attached hydrogen (secondary N) is 1. The first-order valence-corrected chi connectivity index (χ1v) is 13.3. The summed E-state index contributed by atoms with van der Waals surface area (Å²) in [4.78, 5) is 14.2. The van der Waals surface area contributed by atoms with Crippen molar-refractivity contribution in [3.05, 3.63) is 64.7 Å². The van der Waals surface area contributed by atoms with Gasteiger partial charge in [0.25, 0.3) is 0 Å². The molecule has 0 bridgehead atoms. The first kappa shape index (κ1) is 25.1. The molecule has 8 nitrogen and oxygen atoms in total. The molecule has 0 spiro atoms. The number of hydrazone groups is 1. The number of halogens is 1. The number of rotatable bonds is 10. The number of benzene rings is 2. The number of hydrogen-bond acceptors (Lipinski definition) is 8. The van der Waals surface area contributed by atoms with Gasteiger partial charge in [-0.25, -0.2) is 0 Å². The predicted molar refractivity (Wildman–Crippen MR) is 150 cm³/mol. The van der Waals surface area contributed by atoms with E-state index in [-0.39, 0.29) is 0 Å². The van der Waals surface area contributed by atoms with E-state index >= 15 is 0 Å². The zero-order valence-electron chi connectivity index (χ0n) is 21.2.